The molecule has 0 aliphatic carbocycles. The molecule has 3 aliphatic rings. The second kappa shape index (κ2) is 16.9. The predicted octanol–water partition coefficient (Wildman–Crippen LogP) is 5.88. The van der Waals surface area contributed by atoms with Crippen LogP contribution in [0.5, 0.6) is 0 Å². The van der Waals surface area contributed by atoms with E-state index in [1.54, 1.807) is 22.3 Å². The van der Waals surface area contributed by atoms with Crippen molar-refractivity contribution in [1.29, 1.82) is 0 Å². The van der Waals surface area contributed by atoms with Crippen molar-refractivity contribution in [3.8, 4) is 10.4 Å². The number of rotatable bonds is 0. The van der Waals surface area contributed by atoms with E-state index < -0.39 is 0 Å². The second-order valence-electron chi connectivity index (χ2n) is 4.05. The monoisotopic (exact) mass is 636 g/mol. The van der Waals surface area contributed by atoms with Gasteiger partial charge in [0.05, 0.1) is 23.5 Å². The molecule has 1 aromatic carbocycles. The maximum absolute atomic E-state index is 3.35. The zero-order chi connectivity index (χ0) is 12.7. The molecular formula is C20H32N2S3Sn2. The number of benzene rings is 1. The van der Waals surface area contributed by atoms with Crippen LogP contribution in [0.1, 0.15) is 44.6 Å². The average molecular weight is 634 g/mol. The van der Waals surface area contributed by atoms with Crippen LogP contribution in [0.15, 0.2) is 36.4 Å². The van der Waals surface area contributed by atoms with E-state index in [0.29, 0.717) is 0 Å². The van der Waals surface area contributed by atoms with Crippen LogP contribution in [0.3, 0.4) is 0 Å². The molecule has 3 heterocycles. The third-order valence-electron chi connectivity index (χ3n) is 2.99. The van der Waals surface area contributed by atoms with E-state index in [2.05, 4.69) is 44.1 Å². The van der Waals surface area contributed by atoms with Crippen molar-refractivity contribution in [3.05, 3.63) is 46.9 Å². The van der Waals surface area contributed by atoms with Gasteiger partial charge in [-0.3, -0.25) is 0 Å². The Morgan fingerprint density at radius 1 is 0.630 bits per heavy atom. The van der Waals surface area contributed by atoms with Crippen LogP contribution in [-0.4, -0.2) is 47.8 Å². The molecule has 27 heavy (non-hydrogen) atoms. The average Bonchev–Trinajstić information content (AvgIpc) is 3.19. The molecule has 7 heteroatoms. The van der Waals surface area contributed by atoms with Gasteiger partial charge in [0.25, 0.3) is 0 Å². The van der Waals surface area contributed by atoms with E-state index in [9.17, 15) is 0 Å². The third-order valence-corrected chi connectivity index (χ3v) is 5.26. The van der Waals surface area contributed by atoms with Crippen LogP contribution >= 0.6 is 34.5 Å². The fourth-order valence-electron chi connectivity index (χ4n) is 2.12. The Bertz CT molecular complexity index is 840. The molecule has 0 amide bonds. The fraction of sp³-hybridized carbons (Fsp3) is 0.300. The van der Waals surface area contributed by atoms with Crippen LogP contribution in [0, 0.1) is 10.4 Å². The Labute approximate surface area is 212 Å². The molecule has 0 atom stereocenters. The van der Waals surface area contributed by atoms with Crippen molar-refractivity contribution in [1.82, 2.24) is 0 Å². The first kappa shape index (κ1) is 37.7. The van der Waals surface area contributed by atoms with Gasteiger partial charge in [-0.1, -0.05) is 89.4 Å². The summed E-state index contributed by atoms with van der Waals surface area (Å²) < 4.78 is 6.70. The molecule has 0 unspecified atom stereocenters. The molecule has 4 rings (SSSR count). The van der Waals surface area contributed by atoms with Crippen molar-refractivity contribution in [2.24, 2.45) is 0 Å². The zero-order valence-electron chi connectivity index (χ0n) is 10.7. The standard InChI is InChI=1S/C14H8N2S3.6CH4.2Sn/c1-3-11(17-7-1)9-5-6-10(12-4-2-8-18-12)14-13(9)15-19-16-14;;;;;;;;/h1-6,15-16H;6*1H4;;/b11-9-,12-10+;;;;;;;;. The van der Waals surface area contributed by atoms with E-state index in [-0.39, 0.29) is 92.4 Å². The third kappa shape index (κ3) is 7.39. The maximum Gasteiger partial charge on any atom is 0.0792 e. The fourth-order valence-corrected chi connectivity index (χ4v) is 4.16. The first-order chi connectivity index (χ1) is 9.43. The van der Waals surface area contributed by atoms with Crippen LogP contribution in [0.2, 0.25) is 0 Å². The summed E-state index contributed by atoms with van der Waals surface area (Å²) in [6, 6.07) is 4.35. The topological polar surface area (TPSA) is 24.1 Å². The molecule has 148 valence electrons. The van der Waals surface area contributed by atoms with Gasteiger partial charge >= 0.3 is 0 Å². The smallest absolute Gasteiger partial charge is 0.0792 e. The molecule has 2 N–H and O–H groups in total. The van der Waals surface area contributed by atoms with Crippen molar-refractivity contribution >= 4 is 103 Å². The van der Waals surface area contributed by atoms with Crippen LogP contribution in [0.4, 0.5) is 11.4 Å². The normalized spacial score (nSPS) is 16.1. The molecule has 0 saturated heterocycles. The first-order valence-electron chi connectivity index (χ1n) is 5.71. The Morgan fingerprint density at radius 2 is 1.00 bits per heavy atom. The summed E-state index contributed by atoms with van der Waals surface area (Å²) in [6.07, 6.45) is 8.13. The molecule has 0 fully saturated rings. The minimum atomic E-state index is 0. The summed E-state index contributed by atoms with van der Waals surface area (Å²) in [7, 11) is 0. The summed E-state index contributed by atoms with van der Waals surface area (Å²) in [5.74, 6) is 0. The number of hydrogen-bond donors (Lipinski definition) is 2. The van der Waals surface area contributed by atoms with Crippen LogP contribution in [-0.2, 0) is 0 Å². The van der Waals surface area contributed by atoms with E-state index >= 15 is 0 Å². The van der Waals surface area contributed by atoms with E-state index in [0.717, 1.165) is 11.4 Å². The maximum atomic E-state index is 3.35. The van der Waals surface area contributed by atoms with Gasteiger partial charge in [-0.05, 0) is 24.3 Å². The number of hydrogen-bond acceptors (Lipinski definition) is 3. The van der Waals surface area contributed by atoms with Crippen molar-refractivity contribution in [2.45, 2.75) is 44.6 Å². The molecule has 0 aromatic heterocycles. The number of anilines is 2. The molecule has 0 saturated carbocycles. The number of nitrogens with one attached hydrogen (secondary N) is 2. The molecule has 0 spiro atoms. The molecule has 1 aromatic rings. The Kier molecular flexibility index (Phi) is 23.6. The summed E-state index contributed by atoms with van der Waals surface area (Å²) >= 11 is 4.79. The summed E-state index contributed by atoms with van der Waals surface area (Å²) in [6.45, 7) is 0. The molecular weight excluding hydrogens is 602 g/mol. The summed E-state index contributed by atoms with van der Waals surface area (Å²) in [5, 5.41) is 8.74. The van der Waals surface area contributed by atoms with Crippen molar-refractivity contribution in [3.63, 3.8) is 0 Å². The van der Waals surface area contributed by atoms with Gasteiger partial charge in [-0.15, -0.1) is 0 Å². The Hall–Kier alpha value is -0.0126. The summed E-state index contributed by atoms with van der Waals surface area (Å²) in [4.78, 5) is 2.47. The summed E-state index contributed by atoms with van der Waals surface area (Å²) in [5.41, 5.74) is 2.32. The van der Waals surface area contributed by atoms with Gasteiger partial charge in [-0.2, -0.15) is 0 Å². The number of fused-ring (bicyclic) bond motifs is 1. The molecule has 2 nitrogen and oxygen atoms in total. The van der Waals surface area contributed by atoms with Gasteiger partial charge < -0.3 is 9.44 Å². The Balaban J connectivity index is -0.000000202. The van der Waals surface area contributed by atoms with E-state index in [1.807, 2.05) is 12.2 Å². The molecule has 8 radical (unpaired) electrons. The largest absolute Gasteiger partial charge is 0.310 e. The van der Waals surface area contributed by atoms with Crippen molar-refractivity contribution in [2.75, 3.05) is 9.44 Å². The zero-order valence-corrected chi connectivity index (χ0v) is 18.8. The van der Waals surface area contributed by atoms with Gasteiger partial charge in [0.2, 0.25) is 0 Å². The van der Waals surface area contributed by atoms with Crippen LogP contribution in [0.25, 0.3) is 9.81 Å². The second-order valence-corrected chi connectivity index (χ2v) is 6.42. The SMILES string of the molecule is C.C.C.C.C.C.C1#S/C(=c2/cc/c(=C3/C=CC#S3)c3c2NSN3)C=C1.[Sn].[Sn]. The van der Waals surface area contributed by atoms with Crippen molar-refractivity contribution < 1.29 is 0 Å². The first-order valence-corrected chi connectivity index (χ1v) is 8.16. The van der Waals surface area contributed by atoms with Gasteiger partial charge in [0.15, 0.2) is 0 Å². The predicted molar refractivity (Wildman–Crippen MR) is 140 cm³/mol. The van der Waals surface area contributed by atoms with Gasteiger partial charge in [-0.25, -0.2) is 0 Å². The van der Waals surface area contributed by atoms with Gasteiger partial charge in [0, 0.05) is 68.1 Å². The van der Waals surface area contributed by atoms with Gasteiger partial charge in [0.1, 0.15) is 0 Å². The number of allylic oxidation sites excluding steroid dienone is 2. The minimum Gasteiger partial charge on any atom is -0.310 e. The Morgan fingerprint density at radius 3 is 1.30 bits per heavy atom. The molecule has 3 aliphatic heterocycles. The minimum absolute atomic E-state index is 0. The quantitative estimate of drug-likeness (QED) is 0.276. The van der Waals surface area contributed by atoms with E-state index in [4.69, 9.17) is 0 Å². The van der Waals surface area contributed by atoms with Crippen LogP contribution < -0.4 is 19.9 Å². The molecule has 0 bridgehead atoms. The van der Waals surface area contributed by atoms with E-state index in [1.165, 1.54) is 32.4 Å².